The Labute approximate surface area is 100 Å². The highest BCUT2D eigenvalue weighted by molar-refractivity contribution is 7.89. The molecular weight excluding hydrogens is 250 g/mol. The van der Waals surface area contributed by atoms with Gasteiger partial charge in [0.2, 0.25) is 10.0 Å². The summed E-state index contributed by atoms with van der Waals surface area (Å²) in [6, 6.07) is 4.16. The van der Waals surface area contributed by atoms with Gasteiger partial charge >= 0.3 is 0 Å². The molecule has 2 N–H and O–H groups in total. The molecule has 0 spiro atoms. The van der Waals surface area contributed by atoms with Gasteiger partial charge < -0.3 is 5.11 Å². The molecule has 0 aliphatic heterocycles. The molecule has 16 heavy (non-hydrogen) atoms. The maximum Gasteiger partial charge on any atom is 0.241 e. The molecule has 6 heteroatoms. The number of hydrogen-bond acceptors (Lipinski definition) is 3. The van der Waals surface area contributed by atoms with Crippen molar-refractivity contribution in [2.45, 2.75) is 24.8 Å². The molecule has 0 aliphatic carbocycles. The maximum absolute atomic E-state index is 11.9. The molecule has 90 valence electrons. The van der Waals surface area contributed by atoms with E-state index in [1.54, 1.807) is 26.0 Å². The van der Waals surface area contributed by atoms with Gasteiger partial charge in [0.15, 0.2) is 0 Å². The highest BCUT2D eigenvalue weighted by atomic mass is 35.5. The van der Waals surface area contributed by atoms with Crippen LogP contribution in [-0.4, -0.2) is 26.2 Å². The summed E-state index contributed by atoms with van der Waals surface area (Å²) in [7, 11) is -3.62. The van der Waals surface area contributed by atoms with E-state index < -0.39 is 16.1 Å². The van der Waals surface area contributed by atoms with Gasteiger partial charge in [0.25, 0.3) is 0 Å². The summed E-state index contributed by atoms with van der Waals surface area (Å²) in [5.74, 6) is 0. The average Bonchev–Trinajstić information content (AvgIpc) is 2.21. The van der Waals surface area contributed by atoms with Crippen molar-refractivity contribution in [2.75, 3.05) is 6.61 Å². The fourth-order valence-electron chi connectivity index (χ4n) is 1.24. The predicted octanol–water partition coefficient (Wildman–Crippen LogP) is 1.31. The van der Waals surface area contributed by atoms with E-state index in [4.69, 9.17) is 16.7 Å². The van der Waals surface area contributed by atoms with Gasteiger partial charge in [-0.3, -0.25) is 0 Å². The maximum atomic E-state index is 11.9. The van der Waals surface area contributed by atoms with Crippen LogP contribution in [0.25, 0.3) is 0 Å². The van der Waals surface area contributed by atoms with Crippen LogP contribution in [0.2, 0.25) is 5.02 Å². The molecule has 1 rings (SSSR count). The first-order valence-corrected chi connectivity index (χ1v) is 6.63. The van der Waals surface area contributed by atoms with Gasteiger partial charge in [0.05, 0.1) is 11.5 Å². The number of aliphatic hydroxyl groups excluding tert-OH is 1. The molecule has 0 aromatic heterocycles. The van der Waals surface area contributed by atoms with Crippen LogP contribution >= 0.6 is 11.6 Å². The summed E-state index contributed by atoms with van der Waals surface area (Å²) < 4.78 is 26.1. The van der Waals surface area contributed by atoms with Crippen molar-refractivity contribution in [3.63, 3.8) is 0 Å². The van der Waals surface area contributed by atoms with Gasteiger partial charge in [-0.2, -0.15) is 0 Å². The lowest BCUT2D eigenvalue weighted by Gasteiger charge is -2.13. The Morgan fingerprint density at radius 3 is 2.69 bits per heavy atom. The second kappa shape index (κ2) is 5.14. The molecule has 0 bridgehead atoms. The van der Waals surface area contributed by atoms with Gasteiger partial charge in [0, 0.05) is 11.1 Å². The Bertz CT molecular complexity index is 473. The van der Waals surface area contributed by atoms with Crippen molar-refractivity contribution >= 4 is 21.6 Å². The second-order valence-electron chi connectivity index (χ2n) is 3.57. The number of halogens is 1. The molecular formula is C10H14ClNO3S. The normalized spacial score (nSPS) is 13.8. The summed E-state index contributed by atoms with van der Waals surface area (Å²) in [4.78, 5) is 0.139. The Balaban J connectivity index is 3.13. The van der Waals surface area contributed by atoms with Crippen molar-refractivity contribution in [2.24, 2.45) is 0 Å². The van der Waals surface area contributed by atoms with Crippen LogP contribution in [0.3, 0.4) is 0 Å². The minimum Gasteiger partial charge on any atom is -0.395 e. The molecule has 0 amide bonds. The first-order chi connectivity index (χ1) is 7.38. The number of sulfonamides is 1. The van der Waals surface area contributed by atoms with E-state index >= 15 is 0 Å². The number of nitrogens with one attached hydrogen (secondary N) is 1. The van der Waals surface area contributed by atoms with E-state index in [9.17, 15) is 8.42 Å². The molecule has 4 nitrogen and oxygen atoms in total. The topological polar surface area (TPSA) is 66.4 Å². The zero-order valence-electron chi connectivity index (χ0n) is 9.07. The van der Waals surface area contributed by atoms with Crippen molar-refractivity contribution in [1.29, 1.82) is 0 Å². The Morgan fingerprint density at radius 1 is 1.50 bits per heavy atom. The molecule has 0 saturated carbocycles. The molecule has 0 radical (unpaired) electrons. The minimum absolute atomic E-state index is 0.139. The lowest BCUT2D eigenvalue weighted by atomic mass is 10.2. The van der Waals surface area contributed by atoms with Crippen LogP contribution in [0, 0.1) is 6.92 Å². The molecule has 1 atom stereocenters. The standard InChI is InChI=1S/C10H14ClNO3S/c1-7(6-13)12-16(14,15)10-5-3-4-9(11)8(10)2/h3-5,7,12-13H,6H2,1-2H3/t7-/m0/s1. The molecule has 0 heterocycles. The van der Waals surface area contributed by atoms with Crippen LogP contribution < -0.4 is 4.72 Å². The van der Waals surface area contributed by atoms with E-state index in [-0.39, 0.29) is 11.5 Å². The van der Waals surface area contributed by atoms with Crippen molar-refractivity contribution in [3.8, 4) is 0 Å². The van der Waals surface area contributed by atoms with Gasteiger partial charge in [-0.05, 0) is 31.5 Å². The van der Waals surface area contributed by atoms with Gasteiger partial charge in [0.1, 0.15) is 0 Å². The number of hydrogen-bond donors (Lipinski definition) is 2. The van der Waals surface area contributed by atoms with Crippen LogP contribution in [0.1, 0.15) is 12.5 Å². The first kappa shape index (κ1) is 13.4. The quantitative estimate of drug-likeness (QED) is 0.861. The largest absolute Gasteiger partial charge is 0.395 e. The SMILES string of the molecule is Cc1c(Cl)cccc1S(=O)(=O)N[C@@H](C)CO. The van der Waals surface area contributed by atoms with Crippen LogP contribution in [0.5, 0.6) is 0 Å². The van der Waals surface area contributed by atoms with Crippen LogP contribution in [0.15, 0.2) is 23.1 Å². The van der Waals surface area contributed by atoms with E-state index in [0.717, 1.165) is 0 Å². The average molecular weight is 264 g/mol. The Kier molecular flexibility index (Phi) is 4.32. The summed E-state index contributed by atoms with van der Waals surface area (Å²) in [6.45, 7) is 2.97. The summed E-state index contributed by atoms with van der Waals surface area (Å²) in [6.07, 6.45) is 0. The summed E-state index contributed by atoms with van der Waals surface area (Å²) in [5, 5.41) is 9.22. The highest BCUT2D eigenvalue weighted by Crippen LogP contribution is 2.22. The first-order valence-electron chi connectivity index (χ1n) is 4.77. The number of rotatable bonds is 4. The van der Waals surface area contributed by atoms with Gasteiger partial charge in [-0.1, -0.05) is 17.7 Å². The highest BCUT2D eigenvalue weighted by Gasteiger charge is 2.19. The third kappa shape index (κ3) is 2.95. The van der Waals surface area contributed by atoms with Crippen molar-refractivity contribution in [3.05, 3.63) is 28.8 Å². The Hall–Kier alpha value is -0.620. The van der Waals surface area contributed by atoms with E-state index in [2.05, 4.69) is 4.72 Å². The fraction of sp³-hybridized carbons (Fsp3) is 0.400. The smallest absolute Gasteiger partial charge is 0.241 e. The molecule has 1 aromatic rings. The fourth-order valence-corrected chi connectivity index (χ4v) is 2.98. The predicted molar refractivity (Wildman–Crippen MR) is 63.1 cm³/mol. The minimum atomic E-state index is -3.62. The van der Waals surface area contributed by atoms with E-state index in [0.29, 0.717) is 10.6 Å². The van der Waals surface area contributed by atoms with Crippen molar-refractivity contribution < 1.29 is 13.5 Å². The lowest BCUT2D eigenvalue weighted by molar-refractivity contribution is 0.265. The molecule has 0 unspecified atom stereocenters. The zero-order chi connectivity index (χ0) is 12.3. The van der Waals surface area contributed by atoms with Gasteiger partial charge in [-0.25, -0.2) is 13.1 Å². The Morgan fingerprint density at radius 2 is 2.12 bits per heavy atom. The summed E-state index contributed by atoms with van der Waals surface area (Å²) >= 11 is 5.85. The molecule has 0 fully saturated rings. The van der Waals surface area contributed by atoms with Gasteiger partial charge in [-0.15, -0.1) is 0 Å². The summed E-state index contributed by atoms with van der Waals surface area (Å²) in [5.41, 5.74) is 0.502. The van der Waals surface area contributed by atoms with E-state index in [1.165, 1.54) is 6.07 Å². The second-order valence-corrected chi connectivity index (χ2v) is 5.66. The third-order valence-corrected chi connectivity index (χ3v) is 4.28. The van der Waals surface area contributed by atoms with Crippen LogP contribution in [-0.2, 0) is 10.0 Å². The number of benzene rings is 1. The molecule has 1 aromatic carbocycles. The van der Waals surface area contributed by atoms with Crippen molar-refractivity contribution in [1.82, 2.24) is 4.72 Å². The molecule has 0 aliphatic rings. The van der Waals surface area contributed by atoms with E-state index in [1.807, 2.05) is 0 Å². The number of aliphatic hydroxyl groups is 1. The third-order valence-electron chi connectivity index (χ3n) is 2.14. The van der Waals surface area contributed by atoms with Crippen LogP contribution in [0.4, 0.5) is 0 Å². The zero-order valence-corrected chi connectivity index (χ0v) is 10.6. The molecule has 0 saturated heterocycles. The lowest BCUT2D eigenvalue weighted by Crippen LogP contribution is -2.35. The monoisotopic (exact) mass is 263 g/mol.